The number of methoxy groups -OCH3 is 1. The molecule has 2 aromatic carbocycles. The van der Waals surface area contributed by atoms with Gasteiger partial charge in [-0.25, -0.2) is 9.97 Å². The maximum Gasteiger partial charge on any atom is 0.391 e. The van der Waals surface area contributed by atoms with E-state index in [0.29, 0.717) is 42.8 Å². The van der Waals surface area contributed by atoms with E-state index in [4.69, 9.17) is 15.2 Å². The normalized spacial score (nSPS) is 15.8. The molecule has 0 radical (unpaired) electrons. The highest BCUT2D eigenvalue weighted by atomic mass is 79.9. The van der Waals surface area contributed by atoms with Crippen molar-refractivity contribution in [1.29, 1.82) is 0 Å². The molecule has 0 amide bonds. The van der Waals surface area contributed by atoms with E-state index in [2.05, 4.69) is 49.9 Å². The Kier molecular flexibility index (Phi) is 10.7. The summed E-state index contributed by atoms with van der Waals surface area (Å²) in [6.45, 7) is 6.44. The SMILES string of the molecule is COc1c(OCCCCCCCN2CCC(C(F)(F)F)CC2)cc2nc(C)nc(N)c2c1C(C)c1cccc(Br)c1. The molecule has 1 aromatic heterocycles. The van der Waals surface area contributed by atoms with E-state index >= 15 is 0 Å². The number of nitrogens with two attached hydrogens (primary N) is 1. The number of nitrogen functional groups attached to an aromatic ring is 1. The van der Waals surface area contributed by atoms with Crippen LogP contribution in [0.3, 0.4) is 0 Å². The minimum atomic E-state index is -4.05. The van der Waals surface area contributed by atoms with Crippen molar-refractivity contribution in [3.8, 4) is 11.5 Å². The molecule has 1 atom stereocenters. The minimum Gasteiger partial charge on any atom is -0.493 e. The number of hydrogen-bond acceptors (Lipinski definition) is 6. The molecule has 0 saturated carbocycles. The molecule has 2 N–H and O–H groups in total. The molecule has 10 heteroatoms. The van der Waals surface area contributed by atoms with E-state index in [1.54, 1.807) is 7.11 Å². The number of benzene rings is 2. The van der Waals surface area contributed by atoms with Gasteiger partial charge in [0, 0.05) is 22.0 Å². The van der Waals surface area contributed by atoms with Crippen LogP contribution in [0, 0.1) is 12.8 Å². The first-order valence-corrected chi connectivity index (χ1v) is 15.2. The van der Waals surface area contributed by atoms with Crippen LogP contribution >= 0.6 is 15.9 Å². The monoisotopic (exact) mass is 636 g/mol. The molecule has 1 unspecified atom stereocenters. The minimum absolute atomic E-state index is 0.0543. The van der Waals surface area contributed by atoms with Crippen LogP contribution in [0.1, 0.15) is 74.7 Å². The molecule has 1 saturated heterocycles. The van der Waals surface area contributed by atoms with Crippen LogP contribution < -0.4 is 15.2 Å². The van der Waals surface area contributed by atoms with Gasteiger partial charge < -0.3 is 20.1 Å². The predicted molar refractivity (Wildman–Crippen MR) is 161 cm³/mol. The van der Waals surface area contributed by atoms with Gasteiger partial charge in [-0.3, -0.25) is 0 Å². The highest BCUT2D eigenvalue weighted by Crippen LogP contribution is 2.45. The molecule has 1 fully saturated rings. The smallest absolute Gasteiger partial charge is 0.391 e. The molecule has 0 spiro atoms. The first kappa shape index (κ1) is 31.3. The van der Waals surface area contributed by atoms with Crippen LogP contribution in [-0.4, -0.2) is 54.4 Å². The molecular formula is C31H40BrF3N4O2. The third-order valence-electron chi connectivity index (χ3n) is 7.99. The first-order chi connectivity index (χ1) is 19.6. The van der Waals surface area contributed by atoms with Crippen LogP contribution in [0.25, 0.3) is 10.9 Å². The number of anilines is 1. The average Bonchev–Trinajstić information content (AvgIpc) is 2.93. The summed E-state index contributed by atoms with van der Waals surface area (Å²) in [7, 11) is 1.64. The van der Waals surface area contributed by atoms with Gasteiger partial charge in [-0.1, -0.05) is 54.2 Å². The fourth-order valence-corrected chi connectivity index (χ4v) is 6.16. The molecule has 0 bridgehead atoms. The Morgan fingerprint density at radius 1 is 1.07 bits per heavy atom. The summed E-state index contributed by atoms with van der Waals surface area (Å²) >= 11 is 3.58. The van der Waals surface area contributed by atoms with Crippen molar-refractivity contribution in [2.24, 2.45) is 5.92 Å². The molecule has 41 heavy (non-hydrogen) atoms. The number of likely N-dealkylation sites (tertiary alicyclic amines) is 1. The van der Waals surface area contributed by atoms with Crippen LogP contribution in [0.5, 0.6) is 11.5 Å². The molecule has 224 valence electrons. The zero-order chi connectivity index (χ0) is 29.6. The van der Waals surface area contributed by atoms with Gasteiger partial charge in [0.25, 0.3) is 0 Å². The van der Waals surface area contributed by atoms with E-state index in [1.807, 2.05) is 25.1 Å². The second kappa shape index (κ2) is 14.1. The summed E-state index contributed by atoms with van der Waals surface area (Å²) in [5.74, 6) is 1.10. The lowest BCUT2D eigenvalue weighted by atomic mass is 9.89. The zero-order valence-electron chi connectivity index (χ0n) is 24.1. The first-order valence-electron chi connectivity index (χ1n) is 14.4. The Bertz CT molecular complexity index is 1310. The lowest BCUT2D eigenvalue weighted by Crippen LogP contribution is -2.39. The van der Waals surface area contributed by atoms with E-state index in [1.165, 1.54) is 0 Å². The summed E-state index contributed by atoms with van der Waals surface area (Å²) in [4.78, 5) is 11.3. The maximum absolute atomic E-state index is 12.9. The van der Waals surface area contributed by atoms with Crippen molar-refractivity contribution in [2.45, 2.75) is 70.9 Å². The Morgan fingerprint density at radius 3 is 2.46 bits per heavy atom. The van der Waals surface area contributed by atoms with Gasteiger partial charge in [0.2, 0.25) is 0 Å². The van der Waals surface area contributed by atoms with Crippen LogP contribution in [0.15, 0.2) is 34.8 Å². The quantitative estimate of drug-likeness (QED) is 0.203. The van der Waals surface area contributed by atoms with Crippen LogP contribution in [-0.2, 0) is 0 Å². The number of fused-ring (bicyclic) bond motifs is 1. The van der Waals surface area contributed by atoms with E-state index < -0.39 is 12.1 Å². The van der Waals surface area contributed by atoms with Gasteiger partial charge in [-0.05, 0) is 69.9 Å². The van der Waals surface area contributed by atoms with Gasteiger partial charge in [-0.2, -0.15) is 13.2 Å². The van der Waals surface area contributed by atoms with Crippen molar-refractivity contribution in [3.05, 3.63) is 51.8 Å². The van der Waals surface area contributed by atoms with E-state index in [9.17, 15) is 13.2 Å². The predicted octanol–water partition coefficient (Wildman–Crippen LogP) is 8.05. The number of alkyl halides is 3. The highest BCUT2D eigenvalue weighted by molar-refractivity contribution is 9.10. The van der Waals surface area contributed by atoms with Gasteiger partial charge >= 0.3 is 6.18 Å². The Labute approximate surface area is 248 Å². The highest BCUT2D eigenvalue weighted by Gasteiger charge is 2.40. The topological polar surface area (TPSA) is 73.5 Å². The Balaban J connectivity index is 1.34. The van der Waals surface area contributed by atoms with Gasteiger partial charge in [-0.15, -0.1) is 0 Å². The van der Waals surface area contributed by atoms with Crippen LogP contribution in [0.2, 0.25) is 0 Å². The number of halogens is 4. The number of ether oxygens (including phenoxy) is 2. The number of unbranched alkanes of at least 4 members (excludes halogenated alkanes) is 4. The summed E-state index contributed by atoms with van der Waals surface area (Å²) < 4.78 is 51.8. The standard InChI is InChI=1S/C31H40BrF3N4O2/c1-20(22-10-9-11-24(32)18-22)27-28-25(37-21(2)38-30(28)36)19-26(29(27)40-3)41-17-8-6-4-5-7-14-39-15-12-23(13-16-39)31(33,34)35/h9-11,18-20,23H,4-8,12-17H2,1-3H3,(H2,36,37,38). The molecule has 2 heterocycles. The third-order valence-corrected chi connectivity index (χ3v) is 8.49. The lowest BCUT2D eigenvalue weighted by molar-refractivity contribution is -0.185. The van der Waals surface area contributed by atoms with Crippen molar-refractivity contribution in [3.63, 3.8) is 0 Å². The van der Waals surface area contributed by atoms with Crippen LogP contribution in [0.4, 0.5) is 19.0 Å². The summed E-state index contributed by atoms with van der Waals surface area (Å²) in [5, 5.41) is 0.773. The summed E-state index contributed by atoms with van der Waals surface area (Å²) in [5.41, 5.74) is 9.14. The molecule has 1 aliphatic rings. The van der Waals surface area contributed by atoms with Crippen molar-refractivity contribution >= 4 is 32.7 Å². The van der Waals surface area contributed by atoms with E-state index in [-0.39, 0.29) is 18.8 Å². The average molecular weight is 638 g/mol. The van der Waals surface area contributed by atoms with E-state index in [0.717, 1.165) is 65.2 Å². The number of rotatable bonds is 12. The second-order valence-electron chi connectivity index (χ2n) is 10.9. The number of hydrogen-bond donors (Lipinski definition) is 1. The third kappa shape index (κ3) is 8.03. The number of nitrogens with zero attached hydrogens (tertiary/aromatic N) is 3. The number of aromatic nitrogens is 2. The van der Waals surface area contributed by atoms with Crippen molar-refractivity contribution < 1.29 is 22.6 Å². The number of aryl methyl sites for hydroxylation is 1. The lowest BCUT2D eigenvalue weighted by Gasteiger charge is -2.32. The summed E-state index contributed by atoms with van der Waals surface area (Å²) in [6, 6.07) is 10.0. The van der Waals surface area contributed by atoms with Crippen molar-refractivity contribution in [1.82, 2.24) is 14.9 Å². The maximum atomic E-state index is 12.9. The fraction of sp³-hybridized carbons (Fsp3) is 0.548. The molecule has 0 aliphatic carbocycles. The van der Waals surface area contributed by atoms with Gasteiger partial charge in [0.05, 0.1) is 30.5 Å². The molecular weight excluding hydrogens is 597 g/mol. The van der Waals surface area contributed by atoms with Gasteiger partial charge in [0.15, 0.2) is 11.5 Å². The Morgan fingerprint density at radius 2 is 1.78 bits per heavy atom. The molecule has 3 aromatic rings. The van der Waals surface area contributed by atoms with Gasteiger partial charge in [0.1, 0.15) is 11.6 Å². The largest absolute Gasteiger partial charge is 0.493 e. The second-order valence-corrected chi connectivity index (χ2v) is 11.8. The number of piperidine rings is 1. The Hall–Kier alpha value is -2.59. The summed E-state index contributed by atoms with van der Waals surface area (Å²) in [6.07, 6.45) is 1.42. The molecule has 4 rings (SSSR count). The fourth-order valence-electron chi connectivity index (χ4n) is 5.74. The van der Waals surface area contributed by atoms with Crippen molar-refractivity contribution in [2.75, 3.05) is 39.1 Å². The zero-order valence-corrected chi connectivity index (χ0v) is 25.7. The molecule has 1 aliphatic heterocycles. The molecule has 6 nitrogen and oxygen atoms in total.